The number of anilines is 1. The smallest absolute Gasteiger partial charge is 0.411 e. The molecule has 0 saturated carbocycles. The first-order valence-electron chi connectivity index (χ1n) is 5.82. The van der Waals surface area contributed by atoms with E-state index in [0.29, 0.717) is 5.69 Å². The molecular weight excluding hydrogens is 244 g/mol. The Bertz CT molecular complexity index is 620. The summed E-state index contributed by atoms with van der Waals surface area (Å²) in [4.78, 5) is 25.3. The summed E-state index contributed by atoms with van der Waals surface area (Å²) in [6.07, 6.45) is 0.951. The van der Waals surface area contributed by atoms with Gasteiger partial charge in [-0.3, -0.25) is 10.1 Å². The number of aromatic amines is 1. The van der Waals surface area contributed by atoms with Crippen LogP contribution in [0.5, 0.6) is 0 Å². The predicted molar refractivity (Wildman–Crippen MR) is 72.0 cm³/mol. The number of benzene rings is 1. The summed E-state index contributed by atoms with van der Waals surface area (Å²) in [5.41, 5.74) is 1.84. The van der Waals surface area contributed by atoms with Crippen LogP contribution in [0.15, 0.2) is 47.4 Å². The van der Waals surface area contributed by atoms with Crippen LogP contribution >= 0.6 is 0 Å². The molecule has 5 heteroatoms. The number of aromatic nitrogens is 1. The summed E-state index contributed by atoms with van der Waals surface area (Å²) in [5.74, 6) is 0. The lowest BCUT2D eigenvalue weighted by molar-refractivity contribution is 0.155. The van der Waals surface area contributed by atoms with Crippen molar-refractivity contribution in [2.45, 2.75) is 13.5 Å². The van der Waals surface area contributed by atoms with Crippen LogP contribution in [-0.4, -0.2) is 11.1 Å². The van der Waals surface area contributed by atoms with Crippen LogP contribution < -0.4 is 10.9 Å². The monoisotopic (exact) mass is 258 g/mol. The van der Waals surface area contributed by atoms with Gasteiger partial charge in [-0.05, 0) is 18.1 Å². The fraction of sp³-hybridized carbons (Fsp3) is 0.143. The lowest BCUT2D eigenvalue weighted by Crippen LogP contribution is -2.16. The van der Waals surface area contributed by atoms with Crippen LogP contribution in [0.3, 0.4) is 0 Å². The van der Waals surface area contributed by atoms with Gasteiger partial charge in [0.05, 0.1) is 5.69 Å². The highest BCUT2D eigenvalue weighted by Crippen LogP contribution is 2.10. The Morgan fingerprint density at radius 3 is 2.79 bits per heavy atom. The van der Waals surface area contributed by atoms with Gasteiger partial charge in [-0.1, -0.05) is 30.3 Å². The van der Waals surface area contributed by atoms with Crippen LogP contribution in [0.2, 0.25) is 0 Å². The Balaban J connectivity index is 1.94. The SMILES string of the molecule is Cc1c[nH]c(=O)cc1NC(=O)OCc1ccccc1. The third-order valence-electron chi connectivity index (χ3n) is 2.58. The first kappa shape index (κ1) is 12.9. The number of amides is 1. The maximum Gasteiger partial charge on any atom is 0.411 e. The van der Waals surface area contributed by atoms with Crippen molar-refractivity contribution in [3.05, 3.63) is 64.1 Å². The van der Waals surface area contributed by atoms with E-state index in [9.17, 15) is 9.59 Å². The van der Waals surface area contributed by atoms with Gasteiger partial charge in [-0.15, -0.1) is 0 Å². The molecule has 19 heavy (non-hydrogen) atoms. The van der Waals surface area contributed by atoms with E-state index in [2.05, 4.69) is 10.3 Å². The second-order valence-electron chi connectivity index (χ2n) is 4.08. The van der Waals surface area contributed by atoms with Crippen LogP contribution in [0, 0.1) is 6.92 Å². The maximum atomic E-state index is 11.6. The van der Waals surface area contributed by atoms with E-state index >= 15 is 0 Å². The zero-order valence-electron chi connectivity index (χ0n) is 10.5. The minimum atomic E-state index is -0.586. The van der Waals surface area contributed by atoms with E-state index in [4.69, 9.17) is 4.74 Å². The zero-order chi connectivity index (χ0) is 13.7. The molecule has 0 radical (unpaired) electrons. The van der Waals surface area contributed by atoms with Crippen molar-refractivity contribution in [3.8, 4) is 0 Å². The number of hydrogen-bond donors (Lipinski definition) is 2. The van der Waals surface area contributed by atoms with Gasteiger partial charge in [-0.2, -0.15) is 0 Å². The molecule has 0 atom stereocenters. The largest absolute Gasteiger partial charge is 0.444 e. The fourth-order valence-electron chi connectivity index (χ4n) is 1.55. The quantitative estimate of drug-likeness (QED) is 0.888. The summed E-state index contributed by atoms with van der Waals surface area (Å²) in [6, 6.07) is 10.7. The molecule has 0 fully saturated rings. The van der Waals surface area contributed by atoms with Gasteiger partial charge in [0.2, 0.25) is 5.56 Å². The first-order chi connectivity index (χ1) is 9.15. The molecule has 0 aliphatic carbocycles. The summed E-state index contributed by atoms with van der Waals surface area (Å²) in [5, 5.41) is 2.54. The van der Waals surface area contributed by atoms with Crippen LogP contribution in [0.4, 0.5) is 10.5 Å². The van der Waals surface area contributed by atoms with Crippen molar-refractivity contribution in [2.24, 2.45) is 0 Å². The average Bonchev–Trinajstić information content (AvgIpc) is 2.42. The Morgan fingerprint density at radius 1 is 1.32 bits per heavy atom. The van der Waals surface area contributed by atoms with Crippen LogP contribution in [0.1, 0.15) is 11.1 Å². The molecule has 1 heterocycles. The van der Waals surface area contributed by atoms with Gasteiger partial charge in [0.15, 0.2) is 0 Å². The van der Waals surface area contributed by atoms with Crippen molar-refractivity contribution >= 4 is 11.8 Å². The standard InChI is InChI=1S/C14H14N2O3/c1-10-8-15-13(17)7-12(10)16-14(18)19-9-11-5-3-2-4-6-11/h2-8H,9H2,1H3,(H2,15,16,17,18). The molecule has 2 aromatic rings. The van der Waals surface area contributed by atoms with Crippen molar-refractivity contribution in [3.63, 3.8) is 0 Å². The maximum absolute atomic E-state index is 11.6. The lowest BCUT2D eigenvalue weighted by Gasteiger charge is -2.08. The third kappa shape index (κ3) is 3.70. The molecule has 0 bridgehead atoms. The minimum Gasteiger partial charge on any atom is -0.444 e. The van der Waals surface area contributed by atoms with E-state index in [1.165, 1.54) is 12.3 Å². The average molecular weight is 258 g/mol. The van der Waals surface area contributed by atoms with Crippen molar-refractivity contribution in [1.29, 1.82) is 0 Å². The number of hydrogen-bond acceptors (Lipinski definition) is 3. The molecular formula is C14H14N2O3. The number of aryl methyl sites for hydroxylation is 1. The molecule has 5 nitrogen and oxygen atoms in total. The van der Waals surface area contributed by atoms with Gasteiger partial charge in [-0.25, -0.2) is 4.79 Å². The number of carbonyl (C=O) groups excluding carboxylic acids is 1. The molecule has 0 saturated heterocycles. The van der Waals surface area contributed by atoms with E-state index in [-0.39, 0.29) is 12.2 Å². The first-order valence-corrected chi connectivity index (χ1v) is 5.82. The number of carbonyl (C=O) groups is 1. The molecule has 98 valence electrons. The number of H-pyrrole nitrogens is 1. The number of pyridine rings is 1. The highest BCUT2D eigenvalue weighted by atomic mass is 16.5. The number of ether oxygens (including phenoxy) is 1. The third-order valence-corrected chi connectivity index (χ3v) is 2.58. The van der Waals surface area contributed by atoms with E-state index < -0.39 is 6.09 Å². The van der Waals surface area contributed by atoms with Crippen molar-refractivity contribution < 1.29 is 9.53 Å². The molecule has 1 aromatic carbocycles. The molecule has 1 aromatic heterocycles. The van der Waals surface area contributed by atoms with E-state index in [0.717, 1.165) is 11.1 Å². The molecule has 2 rings (SSSR count). The molecule has 0 aliphatic rings. The highest BCUT2D eigenvalue weighted by molar-refractivity contribution is 5.85. The normalized spacial score (nSPS) is 9.95. The van der Waals surface area contributed by atoms with Gasteiger partial charge >= 0.3 is 6.09 Å². The second kappa shape index (κ2) is 5.86. The summed E-state index contributed by atoms with van der Waals surface area (Å²) in [6.45, 7) is 1.97. The minimum absolute atomic E-state index is 0.189. The van der Waals surface area contributed by atoms with Gasteiger partial charge in [0.1, 0.15) is 6.61 Å². The molecule has 0 spiro atoms. The summed E-state index contributed by atoms with van der Waals surface area (Å²) < 4.78 is 5.06. The highest BCUT2D eigenvalue weighted by Gasteiger charge is 2.06. The number of rotatable bonds is 3. The topological polar surface area (TPSA) is 71.2 Å². The zero-order valence-corrected chi connectivity index (χ0v) is 10.5. The fourth-order valence-corrected chi connectivity index (χ4v) is 1.55. The van der Waals surface area contributed by atoms with E-state index in [1.54, 1.807) is 6.92 Å². The predicted octanol–water partition coefficient (Wildman–Crippen LogP) is 2.43. The van der Waals surface area contributed by atoms with Gasteiger partial charge in [0.25, 0.3) is 0 Å². The Hall–Kier alpha value is -2.56. The van der Waals surface area contributed by atoms with Gasteiger partial charge in [0, 0.05) is 12.3 Å². The molecule has 0 aliphatic heterocycles. The Kier molecular flexibility index (Phi) is 3.97. The Morgan fingerprint density at radius 2 is 2.05 bits per heavy atom. The van der Waals surface area contributed by atoms with Crippen LogP contribution in [0.25, 0.3) is 0 Å². The van der Waals surface area contributed by atoms with Gasteiger partial charge < -0.3 is 9.72 Å². The molecule has 1 amide bonds. The van der Waals surface area contributed by atoms with Crippen molar-refractivity contribution in [1.82, 2.24) is 4.98 Å². The van der Waals surface area contributed by atoms with Crippen LogP contribution in [-0.2, 0) is 11.3 Å². The summed E-state index contributed by atoms with van der Waals surface area (Å²) in [7, 11) is 0. The summed E-state index contributed by atoms with van der Waals surface area (Å²) >= 11 is 0. The Labute approximate surface area is 110 Å². The lowest BCUT2D eigenvalue weighted by atomic mass is 10.2. The van der Waals surface area contributed by atoms with Crippen molar-refractivity contribution in [2.75, 3.05) is 5.32 Å². The molecule has 0 unspecified atom stereocenters. The number of nitrogens with one attached hydrogen (secondary N) is 2. The molecule has 2 N–H and O–H groups in total. The van der Waals surface area contributed by atoms with E-state index in [1.807, 2.05) is 30.3 Å². The second-order valence-corrected chi connectivity index (χ2v) is 4.08.